The van der Waals surface area contributed by atoms with E-state index in [0.29, 0.717) is 28.6 Å². The SMILES string of the molecule is COc1cccc(C=C2SC(=O)NC2=O)c1OCc1ccccc1. The second-order valence-corrected chi connectivity index (χ2v) is 6.02. The topological polar surface area (TPSA) is 64.6 Å². The van der Waals surface area contributed by atoms with Crippen molar-refractivity contribution in [1.82, 2.24) is 5.32 Å². The molecular weight excluding hydrogens is 326 g/mol. The van der Waals surface area contributed by atoms with Crippen molar-refractivity contribution in [2.45, 2.75) is 6.61 Å². The molecule has 0 spiro atoms. The van der Waals surface area contributed by atoms with Crippen LogP contribution in [-0.2, 0) is 11.4 Å². The fraction of sp³-hybridized carbons (Fsp3) is 0.111. The van der Waals surface area contributed by atoms with Crippen molar-refractivity contribution in [3.63, 3.8) is 0 Å². The van der Waals surface area contributed by atoms with Crippen LogP contribution in [0, 0.1) is 0 Å². The molecule has 2 aromatic rings. The highest BCUT2D eigenvalue weighted by atomic mass is 32.2. The number of methoxy groups -OCH3 is 1. The lowest BCUT2D eigenvalue weighted by Crippen LogP contribution is -2.17. The van der Waals surface area contributed by atoms with E-state index in [4.69, 9.17) is 9.47 Å². The van der Waals surface area contributed by atoms with Crippen LogP contribution in [0.4, 0.5) is 4.79 Å². The van der Waals surface area contributed by atoms with Crippen molar-refractivity contribution in [3.05, 3.63) is 64.6 Å². The minimum absolute atomic E-state index is 0.331. The first-order chi connectivity index (χ1) is 11.7. The Balaban J connectivity index is 1.90. The molecule has 122 valence electrons. The van der Waals surface area contributed by atoms with Gasteiger partial charge in [0.1, 0.15) is 6.61 Å². The zero-order valence-electron chi connectivity index (χ0n) is 12.9. The Morgan fingerprint density at radius 1 is 1.08 bits per heavy atom. The minimum Gasteiger partial charge on any atom is -0.493 e. The highest BCUT2D eigenvalue weighted by Crippen LogP contribution is 2.35. The van der Waals surface area contributed by atoms with Gasteiger partial charge in [0.05, 0.1) is 12.0 Å². The van der Waals surface area contributed by atoms with E-state index in [9.17, 15) is 9.59 Å². The van der Waals surface area contributed by atoms with Gasteiger partial charge in [0.2, 0.25) is 0 Å². The first-order valence-electron chi connectivity index (χ1n) is 7.26. The number of amides is 2. The second kappa shape index (κ2) is 7.23. The fourth-order valence-electron chi connectivity index (χ4n) is 2.25. The van der Waals surface area contributed by atoms with Crippen LogP contribution < -0.4 is 14.8 Å². The Morgan fingerprint density at radius 3 is 2.54 bits per heavy atom. The third-order valence-corrected chi connectivity index (χ3v) is 4.19. The van der Waals surface area contributed by atoms with Crippen molar-refractivity contribution < 1.29 is 19.1 Å². The number of para-hydroxylation sites is 1. The molecule has 24 heavy (non-hydrogen) atoms. The molecule has 0 saturated carbocycles. The number of carbonyl (C=O) groups is 2. The molecule has 3 rings (SSSR count). The number of thioether (sulfide) groups is 1. The molecular formula is C18H15NO4S. The van der Waals surface area contributed by atoms with Crippen molar-refractivity contribution >= 4 is 29.0 Å². The lowest BCUT2D eigenvalue weighted by atomic mass is 10.1. The molecule has 0 atom stereocenters. The number of nitrogens with one attached hydrogen (secondary N) is 1. The van der Waals surface area contributed by atoms with Gasteiger partial charge in [0.15, 0.2) is 11.5 Å². The first-order valence-corrected chi connectivity index (χ1v) is 8.07. The largest absolute Gasteiger partial charge is 0.493 e. The van der Waals surface area contributed by atoms with E-state index in [1.807, 2.05) is 36.4 Å². The summed E-state index contributed by atoms with van der Waals surface area (Å²) < 4.78 is 11.3. The van der Waals surface area contributed by atoms with E-state index in [1.165, 1.54) is 0 Å². The Hall–Kier alpha value is -2.73. The Morgan fingerprint density at radius 2 is 1.88 bits per heavy atom. The van der Waals surface area contributed by atoms with Gasteiger partial charge in [0.25, 0.3) is 11.1 Å². The molecule has 1 heterocycles. The smallest absolute Gasteiger partial charge is 0.290 e. The summed E-state index contributed by atoms with van der Waals surface area (Å²) in [6.45, 7) is 0.371. The highest BCUT2D eigenvalue weighted by Gasteiger charge is 2.25. The van der Waals surface area contributed by atoms with E-state index < -0.39 is 5.91 Å². The number of ether oxygens (including phenoxy) is 2. The number of benzene rings is 2. The van der Waals surface area contributed by atoms with E-state index in [2.05, 4.69) is 5.32 Å². The Bertz CT molecular complexity index is 802. The molecule has 1 N–H and O–H groups in total. The maximum atomic E-state index is 11.7. The second-order valence-electron chi connectivity index (χ2n) is 5.01. The number of carbonyl (C=O) groups excluding carboxylic acids is 2. The summed E-state index contributed by atoms with van der Waals surface area (Å²) >= 11 is 0.870. The summed E-state index contributed by atoms with van der Waals surface area (Å²) in [7, 11) is 1.56. The predicted octanol–water partition coefficient (Wildman–Crippen LogP) is 3.60. The van der Waals surface area contributed by atoms with Gasteiger partial charge in [-0.1, -0.05) is 42.5 Å². The highest BCUT2D eigenvalue weighted by molar-refractivity contribution is 8.18. The number of hydrogen-bond donors (Lipinski definition) is 1. The molecule has 0 radical (unpaired) electrons. The van der Waals surface area contributed by atoms with Gasteiger partial charge >= 0.3 is 0 Å². The number of hydrogen-bond acceptors (Lipinski definition) is 5. The lowest BCUT2D eigenvalue weighted by Gasteiger charge is -2.13. The van der Waals surface area contributed by atoms with Gasteiger partial charge in [0, 0.05) is 5.56 Å². The summed E-state index contributed by atoms with van der Waals surface area (Å²) in [5, 5.41) is 1.86. The lowest BCUT2D eigenvalue weighted by molar-refractivity contribution is -0.115. The van der Waals surface area contributed by atoms with Crippen molar-refractivity contribution in [2.24, 2.45) is 0 Å². The average Bonchev–Trinajstić information content (AvgIpc) is 2.91. The van der Waals surface area contributed by atoms with Crippen LogP contribution in [0.2, 0.25) is 0 Å². The third kappa shape index (κ3) is 3.60. The van der Waals surface area contributed by atoms with Gasteiger partial charge in [-0.05, 0) is 29.5 Å². The summed E-state index contributed by atoms with van der Waals surface area (Å²) in [6.07, 6.45) is 1.63. The van der Waals surface area contributed by atoms with E-state index >= 15 is 0 Å². The van der Waals surface area contributed by atoms with Gasteiger partial charge in [-0.25, -0.2) is 0 Å². The van der Waals surface area contributed by atoms with E-state index in [-0.39, 0.29) is 5.24 Å². The Kier molecular flexibility index (Phi) is 4.86. The molecule has 2 amide bonds. The standard InChI is InChI=1S/C18H15NO4S/c1-22-14-9-5-8-13(10-15-17(20)19-18(21)24-15)16(14)23-11-12-6-3-2-4-7-12/h2-10H,11H2,1H3,(H,19,20,21). The van der Waals surface area contributed by atoms with Crippen LogP contribution >= 0.6 is 11.8 Å². The third-order valence-electron chi connectivity index (χ3n) is 3.38. The summed E-state index contributed by atoms with van der Waals surface area (Å²) in [5.74, 6) is 0.695. The van der Waals surface area contributed by atoms with Gasteiger partial charge in [-0.2, -0.15) is 0 Å². The zero-order chi connectivity index (χ0) is 16.9. The van der Waals surface area contributed by atoms with Crippen molar-refractivity contribution in [3.8, 4) is 11.5 Å². The van der Waals surface area contributed by atoms with Crippen LogP contribution in [0.25, 0.3) is 6.08 Å². The molecule has 0 aromatic heterocycles. The number of imide groups is 1. The normalized spacial score (nSPS) is 15.5. The van der Waals surface area contributed by atoms with Crippen molar-refractivity contribution in [1.29, 1.82) is 0 Å². The summed E-state index contributed by atoms with van der Waals surface area (Å²) in [6, 6.07) is 15.2. The van der Waals surface area contributed by atoms with E-state index in [0.717, 1.165) is 17.3 Å². The quantitative estimate of drug-likeness (QED) is 0.842. The van der Waals surface area contributed by atoms with E-state index in [1.54, 1.807) is 25.3 Å². The number of rotatable bonds is 5. The zero-order valence-corrected chi connectivity index (χ0v) is 13.8. The van der Waals surface area contributed by atoms with Gasteiger partial charge in [-0.15, -0.1) is 0 Å². The van der Waals surface area contributed by atoms with Crippen LogP contribution in [0.5, 0.6) is 11.5 Å². The minimum atomic E-state index is -0.401. The van der Waals surface area contributed by atoms with Crippen molar-refractivity contribution in [2.75, 3.05) is 7.11 Å². The molecule has 0 aliphatic carbocycles. The van der Waals surface area contributed by atoms with Crippen LogP contribution in [0.3, 0.4) is 0 Å². The maximum absolute atomic E-state index is 11.7. The first kappa shape index (κ1) is 16.1. The van der Waals surface area contributed by atoms with Gasteiger partial charge < -0.3 is 9.47 Å². The molecule has 0 unspecified atom stereocenters. The van der Waals surface area contributed by atoms with Crippen LogP contribution in [0.1, 0.15) is 11.1 Å². The van der Waals surface area contributed by atoms with Crippen LogP contribution in [0.15, 0.2) is 53.4 Å². The summed E-state index contributed by atoms with van der Waals surface area (Å²) in [5.41, 5.74) is 1.70. The molecule has 1 saturated heterocycles. The monoisotopic (exact) mass is 341 g/mol. The predicted molar refractivity (Wildman–Crippen MR) is 92.9 cm³/mol. The Labute approximate surface area is 143 Å². The molecule has 1 aliphatic heterocycles. The maximum Gasteiger partial charge on any atom is 0.290 e. The summed E-state index contributed by atoms with van der Waals surface area (Å²) in [4.78, 5) is 23.4. The van der Waals surface area contributed by atoms with Gasteiger partial charge in [-0.3, -0.25) is 14.9 Å². The molecule has 5 nitrogen and oxygen atoms in total. The molecule has 2 aromatic carbocycles. The van der Waals surface area contributed by atoms with Crippen LogP contribution in [-0.4, -0.2) is 18.3 Å². The fourth-order valence-corrected chi connectivity index (χ4v) is 2.93. The molecule has 6 heteroatoms. The average molecular weight is 341 g/mol. The molecule has 1 aliphatic rings. The molecule has 1 fully saturated rings. The molecule has 0 bridgehead atoms.